The van der Waals surface area contributed by atoms with Crippen LogP contribution >= 0.6 is 0 Å². The van der Waals surface area contributed by atoms with Gasteiger partial charge < -0.3 is 254 Å². The van der Waals surface area contributed by atoms with E-state index in [1.54, 1.807) is 0 Å². The number of carbonyl (C=O) groups is 2. The van der Waals surface area contributed by atoms with Crippen LogP contribution in [0.1, 0.15) is 13.8 Å². The molecule has 2 amide bonds. The molecule has 10 rings (SSSR count). The summed E-state index contributed by atoms with van der Waals surface area (Å²) in [7, 11) is 0. The van der Waals surface area contributed by atoms with E-state index in [0.717, 1.165) is 13.8 Å². The van der Waals surface area contributed by atoms with Crippen molar-refractivity contribution in [3.8, 4) is 0 Å². The molecule has 0 aromatic rings. The van der Waals surface area contributed by atoms with Gasteiger partial charge in [-0.1, -0.05) is 0 Å². The molecule has 0 aliphatic carbocycles. The largest absolute Gasteiger partial charge is 0.394 e. The maximum Gasteiger partial charge on any atom is 0.217 e. The Kier molecular flexibility index (Phi) is 34.4. The van der Waals surface area contributed by atoms with E-state index >= 15 is 0 Å². The van der Waals surface area contributed by atoms with Gasteiger partial charge in [-0.3, -0.25) is 9.59 Å². The molecule has 117 heavy (non-hydrogen) atoms. The van der Waals surface area contributed by atoms with Gasteiger partial charge in [-0.25, -0.2) is 0 Å². The van der Waals surface area contributed by atoms with E-state index in [2.05, 4.69) is 10.6 Å². The number of hydrogen-bond acceptors (Lipinski definition) is 51. The van der Waals surface area contributed by atoms with Gasteiger partial charge in [0.2, 0.25) is 11.8 Å². The predicted octanol–water partition coefficient (Wildman–Crippen LogP) is -22.5. The molecule has 0 saturated carbocycles. The molecule has 0 aromatic carbocycles. The topological polar surface area (TPSA) is 840 Å². The van der Waals surface area contributed by atoms with Crippen LogP contribution in [0.2, 0.25) is 0 Å². The standard InChI is InChI=1S/C64H108N2O51/c1-13(76)65-25-35(86)47(22(10-74)100-55(25)98)110-56-26(66-14(2)77)36(87)48(23(11-75)108-56)111-61-46(97)51(34(85)24(109-61)12-99-57-42(93)37(88)27(78)15(3-67)101-57)114-63-54(41(92)31(82)18(6-70)106-63)117-64-53(40(91)30(81)19(7-71)107-64)116-60-44(95)49(32(83)20(8-72)104-60)112-59-45(96)50(33(84)21(9-73)103-59)113-62-52(39(90)29(80)17(5-69)105-62)115-58-43(94)38(89)28(79)16(4-68)102-58/h15-64,67-75,78-98H,3-12H2,1-2H3,(H,65,76)(H,66,77)/t15-,16-,17-,18-,19-,20-,21-,22-,23-,24-,25-,26-,27-,28-,29-,30-,31-,32-,33-,34-,35-,36-,37+,38+,39+,40+,41+,42+,43-,44+,45-,46+,47-,48-,49+,50+,51+,52-,53+,54+,55-,56+,57+,58?,59?,60-,61+,62?,63-,64-/m1/s1. The zero-order valence-electron chi connectivity index (χ0n) is 61.9. The van der Waals surface area contributed by atoms with Crippen molar-refractivity contribution in [1.29, 1.82) is 0 Å². The highest BCUT2D eigenvalue weighted by Gasteiger charge is 2.62. The van der Waals surface area contributed by atoms with E-state index in [9.17, 15) is 163 Å². The first-order chi connectivity index (χ1) is 55.5. The molecule has 10 saturated heterocycles. The Morgan fingerprint density at radius 1 is 0.222 bits per heavy atom. The highest BCUT2D eigenvalue weighted by molar-refractivity contribution is 5.73. The Morgan fingerprint density at radius 2 is 0.462 bits per heavy atom. The molecule has 0 bridgehead atoms. The molecule has 10 heterocycles. The molecule has 0 radical (unpaired) electrons. The number of carbonyl (C=O) groups excluding carboxylic acids is 2. The lowest BCUT2D eigenvalue weighted by Gasteiger charge is -2.51. The minimum absolute atomic E-state index is 0.782. The quantitative estimate of drug-likeness (QED) is 0.0318. The number of aliphatic hydroxyl groups excluding tert-OH is 30. The van der Waals surface area contributed by atoms with E-state index in [0.29, 0.717) is 0 Å². The van der Waals surface area contributed by atoms with Gasteiger partial charge in [0.15, 0.2) is 62.9 Å². The van der Waals surface area contributed by atoms with Crippen LogP contribution in [0.4, 0.5) is 0 Å². The zero-order valence-corrected chi connectivity index (χ0v) is 61.9. The molecular formula is C64H108N2O51. The number of hydrogen-bond donors (Lipinski definition) is 32. The lowest BCUT2D eigenvalue weighted by Crippen LogP contribution is -2.70. The van der Waals surface area contributed by atoms with Crippen molar-refractivity contribution in [2.75, 3.05) is 66.1 Å². The SMILES string of the molecule is CC(=O)N[C@@H]1[C@@H](O)[C@H](O[C@@H]2O[C@H](CO)[C@@H](O[C@@H]3O[C@H](CO[C@H]4O[C@H](CO)[C@@H](O)[C@H](O)[C@@H]4O)[C@@H](O)[C@H](O[C@H]4O[C@H](CO)[C@@H](O)[C@H](O)[C@@H]4O[C@H]4O[C@H](CO)[C@@H](O)[C@H](O)[C@@H]4O[C@H]4O[C@H](CO)[C@@H](O)[C@H](OC5O[C@H](CO)[C@@H](O)[C@H](OC6O[C@H](CO)[C@@H](O)[C@H](O)[C@H]6OC6O[C@H](CO)[C@@H](O)[C@H](O)[C@H]6O)[C@H]5O)[C@@H]4O)[C@@H]3O)[C@H](O)[C@H]2NC(C)=O)[C@@H](CO)O[C@H]1O. The monoisotopic (exact) mass is 1720 g/mol. The molecule has 53 nitrogen and oxygen atoms in total. The van der Waals surface area contributed by atoms with Crippen molar-refractivity contribution in [2.24, 2.45) is 0 Å². The lowest BCUT2D eigenvalue weighted by atomic mass is 9.94. The van der Waals surface area contributed by atoms with Crippen molar-refractivity contribution in [2.45, 2.75) is 321 Å². The highest BCUT2D eigenvalue weighted by Crippen LogP contribution is 2.41. The molecule has 0 aromatic heterocycles. The Hall–Kier alpha value is -3.02. The first kappa shape index (κ1) is 96.2. The third-order valence-corrected chi connectivity index (χ3v) is 21.7. The number of nitrogens with one attached hydrogen (secondary N) is 2. The third-order valence-electron chi connectivity index (χ3n) is 21.7. The Labute approximate surface area is 660 Å². The molecule has 53 heteroatoms. The normalized spacial score (nSPS) is 51.5. The minimum Gasteiger partial charge on any atom is -0.394 e. The summed E-state index contributed by atoms with van der Waals surface area (Å²) in [6, 6.07) is -3.53. The van der Waals surface area contributed by atoms with Crippen LogP contribution in [0.5, 0.6) is 0 Å². The fourth-order valence-corrected chi connectivity index (χ4v) is 15.1. The van der Waals surface area contributed by atoms with Gasteiger partial charge in [-0.2, -0.15) is 0 Å². The molecule has 680 valence electrons. The fraction of sp³-hybridized carbons (Fsp3) is 0.969. The molecule has 32 N–H and O–H groups in total. The first-order valence-corrected chi connectivity index (χ1v) is 37.2. The fourth-order valence-electron chi connectivity index (χ4n) is 15.1. The summed E-state index contributed by atoms with van der Waals surface area (Å²) in [4.78, 5) is 25.0. The number of amides is 2. The summed E-state index contributed by atoms with van der Waals surface area (Å²) in [6.45, 7) is -9.16. The Morgan fingerprint density at radius 3 is 0.829 bits per heavy atom. The van der Waals surface area contributed by atoms with Crippen LogP contribution < -0.4 is 10.6 Å². The van der Waals surface area contributed by atoms with Gasteiger partial charge >= 0.3 is 0 Å². The summed E-state index contributed by atoms with van der Waals surface area (Å²) in [5.74, 6) is -1.71. The zero-order chi connectivity index (χ0) is 85.9. The number of rotatable bonds is 30. The van der Waals surface area contributed by atoms with Gasteiger partial charge in [0, 0.05) is 13.8 Å². The summed E-state index contributed by atoms with van der Waals surface area (Å²) in [6.07, 6.45) is -103. The van der Waals surface area contributed by atoms with Crippen molar-refractivity contribution in [1.82, 2.24) is 10.6 Å². The van der Waals surface area contributed by atoms with Crippen molar-refractivity contribution in [3.05, 3.63) is 0 Å². The average molecular weight is 1720 g/mol. The van der Waals surface area contributed by atoms with E-state index in [1.807, 2.05) is 0 Å². The molecule has 50 atom stereocenters. The van der Waals surface area contributed by atoms with E-state index in [-0.39, 0.29) is 0 Å². The average Bonchev–Trinajstić information content (AvgIpc) is 0.769. The molecule has 10 aliphatic rings. The molecule has 10 fully saturated rings. The smallest absolute Gasteiger partial charge is 0.217 e. The Balaban J connectivity index is 0.921. The summed E-state index contributed by atoms with van der Waals surface area (Å²) in [5.41, 5.74) is 0. The highest BCUT2D eigenvalue weighted by atomic mass is 16.8. The second kappa shape index (κ2) is 41.9. The van der Waals surface area contributed by atoms with Crippen molar-refractivity contribution >= 4 is 11.8 Å². The van der Waals surface area contributed by atoms with E-state index in [1.165, 1.54) is 0 Å². The molecule has 0 spiro atoms. The minimum atomic E-state index is -2.55. The molecule has 10 aliphatic heterocycles. The number of ether oxygens (including phenoxy) is 19. The van der Waals surface area contributed by atoms with Crippen molar-refractivity contribution in [3.63, 3.8) is 0 Å². The third kappa shape index (κ3) is 20.6. The molecule has 3 unspecified atom stereocenters. The van der Waals surface area contributed by atoms with Crippen molar-refractivity contribution < 1.29 is 253 Å². The van der Waals surface area contributed by atoms with Crippen LogP contribution in [0.3, 0.4) is 0 Å². The van der Waals surface area contributed by atoms with Gasteiger partial charge in [-0.15, -0.1) is 0 Å². The second-order valence-corrected chi connectivity index (χ2v) is 29.5. The van der Waals surface area contributed by atoms with Gasteiger partial charge in [-0.05, 0) is 0 Å². The van der Waals surface area contributed by atoms with Crippen LogP contribution in [0, 0.1) is 0 Å². The van der Waals surface area contributed by atoms with E-state index in [4.69, 9.17) is 90.0 Å². The van der Waals surface area contributed by atoms with Gasteiger partial charge in [0.1, 0.15) is 244 Å². The predicted molar refractivity (Wildman–Crippen MR) is 353 cm³/mol. The van der Waals surface area contributed by atoms with Gasteiger partial charge in [0.05, 0.1) is 66.1 Å². The van der Waals surface area contributed by atoms with Crippen LogP contribution in [-0.2, 0) is 99.6 Å². The summed E-state index contributed by atoms with van der Waals surface area (Å²) in [5, 5.41) is 337. The first-order valence-electron chi connectivity index (χ1n) is 37.2. The van der Waals surface area contributed by atoms with Crippen LogP contribution in [0.25, 0.3) is 0 Å². The van der Waals surface area contributed by atoms with Gasteiger partial charge in [0.25, 0.3) is 0 Å². The van der Waals surface area contributed by atoms with Crippen LogP contribution in [-0.4, -0.2) is 538 Å². The maximum absolute atomic E-state index is 12.9. The maximum atomic E-state index is 12.9. The molecular weight excluding hydrogens is 1610 g/mol. The summed E-state index contributed by atoms with van der Waals surface area (Å²) >= 11 is 0. The van der Waals surface area contributed by atoms with E-state index < -0.39 is 385 Å². The Bertz CT molecular complexity index is 3050. The number of aliphatic hydroxyl groups is 30. The summed E-state index contributed by atoms with van der Waals surface area (Å²) < 4.78 is 111. The second-order valence-electron chi connectivity index (χ2n) is 29.5. The lowest BCUT2D eigenvalue weighted by molar-refractivity contribution is -0.413. The van der Waals surface area contributed by atoms with Crippen LogP contribution in [0.15, 0.2) is 0 Å².